The van der Waals surface area contributed by atoms with Crippen molar-refractivity contribution in [2.24, 2.45) is 4.99 Å². The quantitative estimate of drug-likeness (QED) is 0.288. The van der Waals surface area contributed by atoms with Gasteiger partial charge in [-0.1, -0.05) is 12.1 Å². The van der Waals surface area contributed by atoms with Crippen molar-refractivity contribution in [2.75, 3.05) is 73.2 Å². The molecule has 2 N–H and O–H groups in total. The summed E-state index contributed by atoms with van der Waals surface area (Å²) < 4.78 is 24.6. The molecule has 0 spiro atoms. The van der Waals surface area contributed by atoms with Gasteiger partial charge >= 0.3 is 0 Å². The van der Waals surface area contributed by atoms with Crippen LogP contribution in [0.4, 0.5) is 4.39 Å². The Morgan fingerprint density at radius 1 is 1.09 bits per heavy atom. The predicted molar refractivity (Wildman–Crippen MR) is 137 cm³/mol. The molecule has 1 atom stereocenters. The number of morpholine rings is 1. The van der Waals surface area contributed by atoms with Crippen LogP contribution >= 0.6 is 24.0 Å². The lowest BCUT2D eigenvalue weighted by Crippen LogP contribution is -2.52. The third-order valence-electron chi connectivity index (χ3n) is 6.45. The molecule has 1 aromatic carbocycles. The van der Waals surface area contributed by atoms with Gasteiger partial charge in [0.25, 0.3) is 0 Å². The van der Waals surface area contributed by atoms with Gasteiger partial charge in [0.05, 0.1) is 25.8 Å². The number of hydrogen-bond donors (Lipinski definition) is 2. The van der Waals surface area contributed by atoms with Gasteiger partial charge in [-0.2, -0.15) is 0 Å². The van der Waals surface area contributed by atoms with Crippen molar-refractivity contribution in [3.05, 3.63) is 35.6 Å². The summed E-state index contributed by atoms with van der Waals surface area (Å²) in [5.41, 5.74) is 1.13. The van der Waals surface area contributed by atoms with Crippen molar-refractivity contribution >= 4 is 29.9 Å². The van der Waals surface area contributed by atoms with Crippen LogP contribution in [0.5, 0.6) is 0 Å². The van der Waals surface area contributed by atoms with E-state index in [-0.39, 0.29) is 41.4 Å². The number of aliphatic imine (C=N–C) groups is 1. The molecule has 1 aromatic rings. The van der Waals surface area contributed by atoms with Crippen LogP contribution in [0.3, 0.4) is 0 Å². The average Bonchev–Trinajstić information content (AvgIpc) is 2.80. The lowest BCUT2D eigenvalue weighted by Gasteiger charge is -2.41. The first-order chi connectivity index (χ1) is 15.0. The second kappa shape index (κ2) is 13.6. The van der Waals surface area contributed by atoms with Gasteiger partial charge < -0.3 is 25.0 Å². The Labute approximate surface area is 209 Å². The normalized spacial score (nSPS) is 20.5. The summed E-state index contributed by atoms with van der Waals surface area (Å²) in [5, 5.41) is 6.92. The Morgan fingerprint density at radius 2 is 1.72 bits per heavy atom. The number of nitrogens with zero attached hydrogens (tertiary/aromatic N) is 3. The van der Waals surface area contributed by atoms with E-state index < -0.39 is 0 Å². The average molecular weight is 564 g/mol. The molecular formula is C23H39FIN5O2. The van der Waals surface area contributed by atoms with Crippen LogP contribution in [0.2, 0.25) is 0 Å². The number of ether oxygens (including phenoxy) is 2. The van der Waals surface area contributed by atoms with E-state index in [0.29, 0.717) is 6.54 Å². The first-order valence-corrected chi connectivity index (χ1v) is 11.4. The van der Waals surface area contributed by atoms with Crippen LogP contribution in [0, 0.1) is 5.82 Å². The largest absolute Gasteiger partial charge is 0.381 e. The Kier molecular flexibility index (Phi) is 11.6. The zero-order valence-corrected chi connectivity index (χ0v) is 21.9. The molecule has 2 saturated heterocycles. The molecule has 0 saturated carbocycles. The molecule has 182 valence electrons. The van der Waals surface area contributed by atoms with Gasteiger partial charge in [-0.25, -0.2) is 4.39 Å². The van der Waals surface area contributed by atoms with Crippen LogP contribution in [0.1, 0.15) is 31.4 Å². The molecule has 2 heterocycles. The summed E-state index contributed by atoms with van der Waals surface area (Å²) in [7, 11) is 4.26. The summed E-state index contributed by atoms with van der Waals surface area (Å²) in [6.45, 7) is 9.01. The van der Waals surface area contributed by atoms with Gasteiger partial charge in [0.15, 0.2) is 5.96 Å². The molecule has 9 heteroatoms. The van der Waals surface area contributed by atoms with Crippen LogP contribution in [-0.2, 0) is 9.47 Å². The summed E-state index contributed by atoms with van der Waals surface area (Å²) >= 11 is 0. The van der Waals surface area contributed by atoms with E-state index in [1.165, 1.54) is 12.1 Å². The molecule has 0 bridgehead atoms. The van der Waals surface area contributed by atoms with Crippen molar-refractivity contribution in [2.45, 2.75) is 31.3 Å². The Hall–Kier alpha value is -1.01. The standard InChI is InChI=1S/C23H38FN5O2.HI/c1-4-25-22(27-18-23(28(2)3)9-13-30-14-10-23)26-17-21(29-11-15-31-16-12-29)19-5-7-20(24)8-6-19;/h5-8,21H,4,9-18H2,1-3H3,(H2,25,26,27);1H. The molecule has 2 aliphatic rings. The molecule has 32 heavy (non-hydrogen) atoms. The first kappa shape index (κ1) is 27.2. The molecule has 7 nitrogen and oxygen atoms in total. The van der Waals surface area contributed by atoms with Gasteiger partial charge in [0.1, 0.15) is 5.82 Å². The van der Waals surface area contributed by atoms with Crippen LogP contribution in [-0.4, -0.2) is 94.5 Å². The third kappa shape index (κ3) is 7.51. The molecule has 1 unspecified atom stereocenters. The van der Waals surface area contributed by atoms with E-state index in [4.69, 9.17) is 14.5 Å². The summed E-state index contributed by atoms with van der Waals surface area (Å²) in [6, 6.07) is 6.95. The molecule has 0 radical (unpaired) electrons. The second-order valence-electron chi connectivity index (χ2n) is 8.52. The topological polar surface area (TPSA) is 61.4 Å². The highest BCUT2D eigenvalue weighted by Crippen LogP contribution is 2.26. The van der Waals surface area contributed by atoms with Crippen molar-refractivity contribution in [1.82, 2.24) is 20.4 Å². The van der Waals surface area contributed by atoms with Crippen molar-refractivity contribution < 1.29 is 13.9 Å². The molecular weight excluding hydrogens is 524 g/mol. The summed E-state index contributed by atoms with van der Waals surface area (Å²) in [6.07, 6.45) is 1.96. The molecule has 0 aromatic heterocycles. The summed E-state index contributed by atoms with van der Waals surface area (Å²) in [5.74, 6) is 0.605. The Bertz CT molecular complexity index is 692. The SMILES string of the molecule is CCNC(=NCC1(N(C)C)CCOCC1)NCC(c1ccc(F)cc1)N1CCOCC1.I. The molecule has 0 amide bonds. The van der Waals surface area contributed by atoms with E-state index in [2.05, 4.69) is 41.5 Å². The fraction of sp³-hybridized carbons (Fsp3) is 0.696. The van der Waals surface area contributed by atoms with Crippen LogP contribution in [0.15, 0.2) is 29.3 Å². The van der Waals surface area contributed by atoms with E-state index in [9.17, 15) is 4.39 Å². The minimum Gasteiger partial charge on any atom is -0.381 e. The van der Waals surface area contributed by atoms with Crippen molar-refractivity contribution in [3.63, 3.8) is 0 Å². The second-order valence-corrected chi connectivity index (χ2v) is 8.52. The highest BCUT2D eigenvalue weighted by Gasteiger charge is 2.34. The number of nitrogens with one attached hydrogen (secondary N) is 2. The zero-order chi connectivity index (χ0) is 22.1. The van der Waals surface area contributed by atoms with Gasteiger partial charge in [-0.3, -0.25) is 9.89 Å². The lowest BCUT2D eigenvalue weighted by molar-refractivity contribution is -0.00257. The maximum Gasteiger partial charge on any atom is 0.191 e. The fourth-order valence-electron chi connectivity index (χ4n) is 4.29. The monoisotopic (exact) mass is 563 g/mol. The lowest BCUT2D eigenvalue weighted by atomic mass is 9.89. The number of hydrogen-bond acceptors (Lipinski definition) is 5. The first-order valence-electron chi connectivity index (χ1n) is 11.4. The van der Waals surface area contributed by atoms with Crippen molar-refractivity contribution in [3.8, 4) is 0 Å². The fourth-order valence-corrected chi connectivity index (χ4v) is 4.29. The molecule has 2 fully saturated rings. The van der Waals surface area contributed by atoms with Gasteiger partial charge in [-0.15, -0.1) is 24.0 Å². The smallest absolute Gasteiger partial charge is 0.191 e. The molecule has 0 aliphatic carbocycles. The van der Waals surface area contributed by atoms with E-state index in [1.807, 2.05) is 12.1 Å². The maximum absolute atomic E-state index is 13.5. The van der Waals surface area contributed by atoms with Crippen LogP contribution in [0.25, 0.3) is 0 Å². The van der Waals surface area contributed by atoms with Gasteiger partial charge in [0, 0.05) is 44.9 Å². The molecule has 3 rings (SSSR count). The highest BCUT2D eigenvalue weighted by atomic mass is 127. The number of halogens is 2. The Morgan fingerprint density at radius 3 is 2.31 bits per heavy atom. The Balaban J connectivity index is 0.00000363. The van der Waals surface area contributed by atoms with Gasteiger partial charge in [-0.05, 0) is 51.6 Å². The zero-order valence-electron chi connectivity index (χ0n) is 19.6. The van der Waals surface area contributed by atoms with Crippen molar-refractivity contribution in [1.29, 1.82) is 0 Å². The number of benzene rings is 1. The number of guanidine groups is 1. The highest BCUT2D eigenvalue weighted by molar-refractivity contribution is 14.0. The predicted octanol–water partition coefficient (Wildman–Crippen LogP) is 2.48. The van der Waals surface area contributed by atoms with Crippen LogP contribution < -0.4 is 10.6 Å². The molecule has 2 aliphatic heterocycles. The maximum atomic E-state index is 13.5. The number of rotatable bonds is 8. The number of likely N-dealkylation sites (N-methyl/N-ethyl adjacent to an activating group) is 1. The van der Waals surface area contributed by atoms with E-state index in [1.54, 1.807) is 0 Å². The minimum absolute atomic E-state index is 0. The third-order valence-corrected chi connectivity index (χ3v) is 6.45. The van der Waals surface area contributed by atoms with E-state index in [0.717, 1.165) is 77.0 Å². The van der Waals surface area contributed by atoms with Gasteiger partial charge in [0.2, 0.25) is 0 Å². The minimum atomic E-state index is -0.210. The van der Waals surface area contributed by atoms with E-state index >= 15 is 0 Å². The summed E-state index contributed by atoms with van der Waals surface area (Å²) in [4.78, 5) is 9.63.